The van der Waals surface area contributed by atoms with E-state index in [1.165, 1.54) is 0 Å². The number of hydrogen-bond acceptors (Lipinski definition) is 3. The molecule has 5 nitrogen and oxygen atoms in total. The minimum Gasteiger partial charge on any atom is -0.376 e. The molecule has 0 aromatic heterocycles. The highest BCUT2D eigenvalue weighted by Gasteiger charge is 2.32. The van der Waals surface area contributed by atoms with Crippen LogP contribution in [0.5, 0.6) is 0 Å². The first-order valence-electron chi connectivity index (χ1n) is 9.98. The maximum absolute atomic E-state index is 12.8. The van der Waals surface area contributed by atoms with E-state index in [0.29, 0.717) is 25.7 Å². The van der Waals surface area contributed by atoms with Crippen LogP contribution in [0.15, 0.2) is 54.6 Å². The van der Waals surface area contributed by atoms with Gasteiger partial charge in [-0.2, -0.15) is 0 Å². The Labute approximate surface area is 167 Å². The van der Waals surface area contributed by atoms with E-state index in [-0.39, 0.29) is 18.4 Å². The molecule has 0 heterocycles. The molecule has 1 fully saturated rings. The smallest absolute Gasteiger partial charge is 0.242 e. The number of nitrogens with zero attached hydrogens (tertiary/aromatic N) is 2. The average molecular weight is 380 g/mol. The molecule has 1 aliphatic carbocycles. The van der Waals surface area contributed by atoms with Gasteiger partial charge in [-0.15, -0.1) is 0 Å². The molecule has 0 saturated heterocycles. The summed E-state index contributed by atoms with van der Waals surface area (Å²) in [5.74, 6) is 0.188. The van der Waals surface area contributed by atoms with Crippen LogP contribution in [0.2, 0.25) is 0 Å². The zero-order valence-electron chi connectivity index (χ0n) is 16.7. The largest absolute Gasteiger partial charge is 0.376 e. The highest BCUT2D eigenvalue weighted by Crippen LogP contribution is 2.28. The van der Waals surface area contributed by atoms with Gasteiger partial charge in [0, 0.05) is 38.3 Å². The van der Waals surface area contributed by atoms with Crippen molar-refractivity contribution in [3.63, 3.8) is 0 Å². The number of rotatable bonds is 9. The summed E-state index contributed by atoms with van der Waals surface area (Å²) in [6.45, 7) is 5.76. The average Bonchev–Trinajstić information content (AvgIpc) is 3.54. The van der Waals surface area contributed by atoms with Crippen LogP contribution in [0.25, 0.3) is 0 Å². The van der Waals surface area contributed by atoms with Gasteiger partial charge in [0.15, 0.2) is 0 Å². The number of hydrogen-bond donors (Lipinski definition) is 1. The number of carbonyl (C=O) groups excluding carboxylic acids is 2. The summed E-state index contributed by atoms with van der Waals surface area (Å²) in [5, 5.41) is 3.26. The van der Waals surface area contributed by atoms with E-state index in [1.54, 1.807) is 11.8 Å². The predicted octanol–water partition coefficient (Wildman–Crippen LogP) is 3.66. The Bertz CT molecular complexity index is 803. The van der Waals surface area contributed by atoms with Crippen LogP contribution in [-0.2, 0) is 22.7 Å². The lowest BCUT2D eigenvalue weighted by molar-refractivity contribution is -0.130. The van der Waals surface area contributed by atoms with Crippen molar-refractivity contribution in [1.29, 1.82) is 0 Å². The fourth-order valence-corrected chi connectivity index (χ4v) is 3.31. The maximum Gasteiger partial charge on any atom is 0.242 e. The molecule has 0 bridgehead atoms. The van der Waals surface area contributed by atoms with Crippen molar-refractivity contribution in [2.45, 2.75) is 45.8 Å². The Morgan fingerprint density at radius 3 is 2.36 bits per heavy atom. The summed E-state index contributed by atoms with van der Waals surface area (Å²) < 4.78 is 0. The summed E-state index contributed by atoms with van der Waals surface area (Å²) in [6.07, 6.45) is 2.18. The minimum absolute atomic E-state index is 0.0667. The second-order valence-corrected chi connectivity index (χ2v) is 7.33. The molecule has 2 aromatic carbocycles. The highest BCUT2D eigenvalue weighted by molar-refractivity contribution is 5.81. The molecule has 148 valence electrons. The van der Waals surface area contributed by atoms with Gasteiger partial charge in [0.2, 0.25) is 11.8 Å². The van der Waals surface area contributed by atoms with Crippen molar-refractivity contribution in [2.24, 2.45) is 0 Å². The normalized spacial score (nSPS) is 13.1. The first kappa shape index (κ1) is 19.9. The van der Waals surface area contributed by atoms with Crippen molar-refractivity contribution < 1.29 is 9.59 Å². The van der Waals surface area contributed by atoms with Crippen LogP contribution < -0.4 is 5.32 Å². The zero-order valence-corrected chi connectivity index (χ0v) is 16.7. The third kappa shape index (κ3) is 5.59. The van der Waals surface area contributed by atoms with Crippen LogP contribution in [0, 0.1) is 0 Å². The molecule has 0 atom stereocenters. The van der Waals surface area contributed by atoms with Gasteiger partial charge in [-0.1, -0.05) is 42.5 Å². The minimum atomic E-state index is 0.0667. The Hall–Kier alpha value is -2.82. The van der Waals surface area contributed by atoms with Gasteiger partial charge in [-0.05, 0) is 43.0 Å². The second-order valence-electron chi connectivity index (χ2n) is 7.33. The predicted molar refractivity (Wildman–Crippen MR) is 112 cm³/mol. The van der Waals surface area contributed by atoms with Crippen molar-refractivity contribution in [1.82, 2.24) is 9.80 Å². The van der Waals surface area contributed by atoms with Gasteiger partial charge in [-0.3, -0.25) is 9.59 Å². The number of nitrogens with one attached hydrogen (secondary N) is 1. The second kappa shape index (κ2) is 9.40. The Kier molecular flexibility index (Phi) is 6.69. The molecular formula is C23H29N3O2. The van der Waals surface area contributed by atoms with Gasteiger partial charge in [0.25, 0.3) is 0 Å². The molecule has 0 unspecified atom stereocenters. The zero-order chi connectivity index (χ0) is 19.9. The van der Waals surface area contributed by atoms with Crippen molar-refractivity contribution >= 4 is 17.5 Å². The molecule has 0 aliphatic heterocycles. The van der Waals surface area contributed by atoms with Crippen LogP contribution in [0.1, 0.15) is 37.8 Å². The summed E-state index contributed by atoms with van der Waals surface area (Å²) in [7, 11) is 0. The van der Waals surface area contributed by atoms with Gasteiger partial charge in [-0.25, -0.2) is 0 Å². The van der Waals surface area contributed by atoms with E-state index in [2.05, 4.69) is 17.4 Å². The van der Waals surface area contributed by atoms with Gasteiger partial charge < -0.3 is 15.1 Å². The summed E-state index contributed by atoms with van der Waals surface area (Å²) >= 11 is 0. The van der Waals surface area contributed by atoms with E-state index in [1.807, 2.05) is 54.3 Å². The molecule has 0 spiro atoms. The Morgan fingerprint density at radius 1 is 1.00 bits per heavy atom. The molecule has 28 heavy (non-hydrogen) atoms. The van der Waals surface area contributed by atoms with E-state index in [0.717, 1.165) is 29.7 Å². The van der Waals surface area contributed by atoms with E-state index >= 15 is 0 Å². The summed E-state index contributed by atoms with van der Waals surface area (Å²) in [6, 6.07) is 18.4. The van der Waals surface area contributed by atoms with E-state index in [9.17, 15) is 9.59 Å². The van der Waals surface area contributed by atoms with Gasteiger partial charge >= 0.3 is 0 Å². The molecule has 0 radical (unpaired) electrons. The van der Waals surface area contributed by atoms with Crippen LogP contribution in [-0.4, -0.2) is 40.7 Å². The van der Waals surface area contributed by atoms with E-state index < -0.39 is 0 Å². The molecule has 1 saturated carbocycles. The summed E-state index contributed by atoms with van der Waals surface area (Å²) in [4.78, 5) is 28.2. The number of benzene rings is 2. The molecular weight excluding hydrogens is 350 g/mol. The number of amides is 2. The standard InChI is InChI=1S/C23H29N3O2/c1-3-25(18(2)27)16-20-10-7-11-21(14-20)24-15-23(28)26(22-12-13-22)17-19-8-5-4-6-9-19/h4-11,14,22,24H,3,12-13,15-17H2,1-2H3. The fraction of sp³-hybridized carbons (Fsp3) is 0.391. The molecule has 5 heteroatoms. The lowest BCUT2D eigenvalue weighted by Gasteiger charge is -2.23. The molecule has 2 aromatic rings. The van der Waals surface area contributed by atoms with Crippen molar-refractivity contribution in [3.8, 4) is 0 Å². The third-order valence-corrected chi connectivity index (χ3v) is 5.07. The van der Waals surface area contributed by atoms with Crippen LogP contribution in [0.3, 0.4) is 0 Å². The van der Waals surface area contributed by atoms with Gasteiger partial charge in [0.05, 0.1) is 6.54 Å². The molecule has 1 aliphatic rings. The van der Waals surface area contributed by atoms with Gasteiger partial charge in [0.1, 0.15) is 0 Å². The molecule has 1 N–H and O–H groups in total. The third-order valence-electron chi connectivity index (χ3n) is 5.07. The van der Waals surface area contributed by atoms with Crippen LogP contribution in [0.4, 0.5) is 5.69 Å². The highest BCUT2D eigenvalue weighted by atomic mass is 16.2. The van der Waals surface area contributed by atoms with E-state index in [4.69, 9.17) is 0 Å². The topological polar surface area (TPSA) is 52.7 Å². The van der Waals surface area contributed by atoms with Crippen LogP contribution >= 0.6 is 0 Å². The quantitative estimate of drug-likeness (QED) is 0.723. The fourth-order valence-electron chi connectivity index (χ4n) is 3.31. The molecule has 3 rings (SSSR count). The lowest BCUT2D eigenvalue weighted by atomic mass is 10.2. The monoisotopic (exact) mass is 379 g/mol. The Balaban J connectivity index is 1.58. The number of anilines is 1. The lowest BCUT2D eigenvalue weighted by Crippen LogP contribution is -2.36. The Morgan fingerprint density at radius 2 is 1.71 bits per heavy atom. The SMILES string of the molecule is CCN(Cc1cccc(NCC(=O)N(Cc2ccccc2)C2CC2)c1)C(C)=O. The maximum atomic E-state index is 12.8. The first-order chi connectivity index (χ1) is 13.6. The first-order valence-corrected chi connectivity index (χ1v) is 9.98. The number of carbonyl (C=O) groups is 2. The molecule has 2 amide bonds. The summed E-state index contributed by atoms with van der Waals surface area (Å²) in [5.41, 5.74) is 3.12. The van der Waals surface area contributed by atoms with Crippen molar-refractivity contribution in [2.75, 3.05) is 18.4 Å². The van der Waals surface area contributed by atoms with Crippen molar-refractivity contribution in [3.05, 3.63) is 65.7 Å².